The molecule has 0 aromatic heterocycles. The second-order valence-corrected chi connectivity index (χ2v) is 10.0. The quantitative estimate of drug-likeness (QED) is 0.518. The Morgan fingerprint density at radius 2 is 1.68 bits per heavy atom. The molecule has 0 spiro atoms. The summed E-state index contributed by atoms with van der Waals surface area (Å²) in [7, 11) is -0.565. The lowest BCUT2D eigenvalue weighted by molar-refractivity contribution is -0.139. The molecule has 1 aliphatic heterocycles. The van der Waals surface area contributed by atoms with E-state index in [4.69, 9.17) is 9.47 Å². The molecule has 1 saturated heterocycles. The SMILES string of the molecule is COc1ccc(CCNC(=O)C(=O)NCC2CCCN2S(=O)(=O)c2ccc(C)cc2)cc1OC. The number of nitrogens with zero attached hydrogens (tertiary/aromatic N) is 1. The van der Waals surface area contributed by atoms with Gasteiger partial charge in [0.15, 0.2) is 11.5 Å². The van der Waals surface area contributed by atoms with E-state index >= 15 is 0 Å². The van der Waals surface area contributed by atoms with E-state index < -0.39 is 27.9 Å². The molecule has 34 heavy (non-hydrogen) atoms. The molecule has 0 bridgehead atoms. The van der Waals surface area contributed by atoms with Crippen molar-refractivity contribution in [1.29, 1.82) is 0 Å². The van der Waals surface area contributed by atoms with Crippen LogP contribution in [0.3, 0.4) is 0 Å². The van der Waals surface area contributed by atoms with E-state index in [0.29, 0.717) is 37.3 Å². The Kier molecular flexibility index (Phi) is 8.51. The van der Waals surface area contributed by atoms with Gasteiger partial charge in [-0.05, 0) is 56.0 Å². The number of hydrogen-bond acceptors (Lipinski definition) is 6. The van der Waals surface area contributed by atoms with Crippen LogP contribution in [0.5, 0.6) is 11.5 Å². The van der Waals surface area contributed by atoms with Crippen LogP contribution in [0, 0.1) is 6.92 Å². The highest BCUT2D eigenvalue weighted by Gasteiger charge is 2.35. The lowest BCUT2D eigenvalue weighted by atomic mass is 10.1. The summed E-state index contributed by atoms with van der Waals surface area (Å²) in [4.78, 5) is 24.7. The third-order valence-corrected chi connectivity index (χ3v) is 7.77. The van der Waals surface area contributed by atoms with Crippen molar-refractivity contribution in [3.8, 4) is 11.5 Å². The fraction of sp³-hybridized carbons (Fsp3) is 0.417. The third kappa shape index (κ3) is 6.06. The van der Waals surface area contributed by atoms with Crippen molar-refractivity contribution in [2.24, 2.45) is 0 Å². The van der Waals surface area contributed by atoms with E-state index in [9.17, 15) is 18.0 Å². The molecule has 1 unspecified atom stereocenters. The summed E-state index contributed by atoms with van der Waals surface area (Å²) in [5, 5.41) is 5.17. The van der Waals surface area contributed by atoms with E-state index in [2.05, 4.69) is 10.6 Å². The van der Waals surface area contributed by atoms with Gasteiger partial charge in [-0.1, -0.05) is 23.8 Å². The summed E-state index contributed by atoms with van der Waals surface area (Å²) < 4.78 is 37.9. The number of hydrogen-bond donors (Lipinski definition) is 2. The van der Waals surface area contributed by atoms with Gasteiger partial charge in [-0.15, -0.1) is 0 Å². The van der Waals surface area contributed by atoms with Crippen molar-refractivity contribution in [3.05, 3.63) is 53.6 Å². The van der Waals surface area contributed by atoms with Gasteiger partial charge in [-0.25, -0.2) is 8.42 Å². The van der Waals surface area contributed by atoms with Crippen LogP contribution in [-0.2, 0) is 26.0 Å². The van der Waals surface area contributed by atoms with Crippen LogP contribution < -0.4 is 20.1 Å². The van der Waals surface area contributed by atoms with Crippen LogP contribution in [0.25, 0.3) is 0 Å². The Balaban J connectivity index is 1.49. The normalized spacial score (nSPS) is 16.1. The van der Waals surface area contributed by atoms with Gasteiger partial charge in [-0.3, -0.25) is 9.59 Å². The minimum Gasteiger partial charge on any atom is -0.493 e. The predicted molar refractivity (Wildman–Crippen MR) is 127 cm³/mol. The number of rotatable bonds is 9. The molecule has 1 aliphatic rings. The third-order valence-electron chi connectivity index (χ3n) is 5.80. The van der Waals surface area contributed by atoms with Gasteiger partial charge in [0.05, 0.1) is 19.1 Å². The minimum atomic E-state index is -3.67. The zero-order valence-electron chi connectivity index (χ0n) is 19.7. The molecule has 184 valence electrons. The van der Waals surface area contributed by atoms with Crippen molar-refractivity contribution in [1.82, 2.24) is 14.9 Å². The molecule has 2 N–H and O–H groups in total. The molecule has 0 aliphatic carbocycles. The fourth-order valence-corrected chi connectivity index (χ4v) is 5.60. The summed E-state index contributed by atoms with van der Waals surface area (Å²) in [6.45, 7) is 2.61. The molecule has 2 amide bonds. The number of carbonyl (C=O) groups is 2. The Morgan fingerprint density at radius 1 is 1.00 bits per heavy atom. The maximum absolute atomic E-state index is 13.0. The van der Waals surface area contributed by atoms with Crippen LogP contribution in [-0.4, -0.2) is 64.4 Å². The Hall–Kier alpha value is -3.11. The molecule has 2 aromatic rings. The first-order chi connectivity index (χ1) is 16.3. The van der Waals surface area contributed by atoms with Crippen LogP contribution >= 0.6 is 0 Å². The van der Waals surface area contributed by atoms with Crippen molar-refractivity contribution >= 4 is 21.8 Å². The Bertz CT molecular complexity index is 1120. The van der Waals surface area contributed by atoms with Gasteiger partial charge in [0.2, 0.25) is 10.0 Å². The highest BCUT2D eigenvalue weighted by Crippen LogP contribution is 2.28. The number of carbonyl (C=O) groups excluding carboxylic acids is 2. The average molecular weight is 490 g/mol. The smallest absolute Gasteiger partial charge is 0.309 e. The molecule has 9 nitrogen and oxygen atoms in total. The van der Waals surface area contributed by atoms with Crippen LogP contribution in [0.4, 0.5) is 0 Å². The first kappa shape index (κ1) is 25.5. The zero-order chi connectivity index (χ0) is 24.7. The number of nitrogens with one attached hydrogen (secondary N) is 2. The molecular formula is C24H31N3O6S. The number of aryl methyl sites for hydroxylation is 1. The first-order valence-electron chi connectivity index (χ1n) is 11.1. The summed E-state index contributed by atoms with van der Waals surface area (Å²) in [5.41, 5.74) is 1.89. The lowest BCUT2D eigenvalue weighted by Gasteiger charge is -2.24. The van der Waals surface area contributed by atoms with Crippen molar-refractivity contribution in [2.45, 2.75) is 37.1 Å². The van der Waals surface area contributed by atoms with Gasteiger partial charge < -0.3 is 20.1 Å². The maximum atomic E-state index is 13.0. The second-order valence-electron chi connectivity index (χ2n) is 8.13. The molecular weight excluding hydrogens is 458 g/mol. The van der Waals surface area contributed by atoms with Gasteiger partial charge in [-0.2, -0.15) is 4.31 Å². The topological polar surface area (TPSA) is 114 Å². The van der Waals surface area contributed by atoms with Gasteiger partial charge in [0.1, 0.15) is 0 Å². The molecule has 1 fully saturated rings. The molecule has 0 saturated carbocycles. The summed E-state index contributed by atoms with van der Waals surface area (Å²) in [6, 6.07) is 11.7. The predicted octanol–water partition coefficient (Wildman–Crippen LogP) is 1.64. The standard InChI is InChI=1S/C24H31N3O6S/c1-17-6-9-20(10-7-17)34(30,31)27-14-4-5-19(27)16-26-24(29)23(28)25-13-12-18-8-11-21(32-2)22(15-18)33-3/h6-11,15,19H,4-5,12-14,16H2,1-3H3,(H,25,28)(H,26,29). The number of amides is 2. The van der Waals surface area contributed by atoms with Gasteiger partial charge in [0.25, 0.3) is 0 Å². The summed E-state index contributed by atoms with van der Waals surface area (Å²) >= 11 is 0. The zero-order valence-corrected chi connectivity index (χ0v) is 20.5. The number of methoxy groups -OCH3 is 2. The molecule has 3 rings (SSSR count). The van der Waals surface area contributed by atoms with Crippen LogP contribution in [0.1, 0.15) is 24.0 Å². The van der Waals surface area contributed by atoms with E-state index in [0.717, 1.165) is 11.1 Å². The first-order valence-corrected chi connectivity index (χ1v) is 12.6. The van der Waals surface area contributed by atoms with Gasteiger partial charge in [0, 0.05) is 25.7 Å². The van der Waals surface area contributed by atoms with E-state index in [1.165, 1.54) is 4.31 Å². The molecule has 1 heterocycles. The summed E-state index contributed by atoms with van der Waals surface area (Å²) in [6.07, 6.45) is 1.82. The average Bonchev–Trinajstić information content (AvgIpc) is 3.32. The van der Waals surface area contributed by atoms with E-state index in [-0.39, 0.29) is 18.0 Å². The highest BCUT2D eigenvalue weighted by molar-refractivity contribution is 7.89. The Labute approximate surface area is 200 Å². The minimum absolute atomic E-state index is 0.0764. The fourth-order valence-electron chi connectivity index (χ4n) is 3.90. The maximum Gasteiger partial charge on any atom is 0.309 e. The van der Waals surface area contributed by atoms with E-state index in [1.54, 1.807) is 44.6 Å². The van der Waals surface area contributed by atoms with E-state index in [1.807, 2.05) is 19.1 Å². The van der Waals surface area contributed by atoms with Crippen LogP contribution in [0.2, 0.25) is 0 Å². The van der Waals surface area contributed by atoms with Crippen molar-refractivity contribution in [2.75, 3.05) is 33.9 Å². The lowest BCUT2D eigenvalue weighted by Crippen LogP contribution is -2.47. The largest absolute Gasteiger partial charge is 0.493 e. The van der Waals surface area contributed by atoms with Crippen molar-refractivity contribution in [3.63, 3.8) is 0 Å². The molecule has 2 aromatic carbocycles. The van der Waals surface area contributed by atoms with Crippen molar-refractivity contribution < 1.29 is 27.5 Å². The van der Waals surface area contributed by atoms with Gasteiger partial charge >= 0.3 is 11.8 Å². The highest BCUT2D eigenvalue weighted by atomic mass is 32.2. The number of ether oxygens (including phenoxy) is 2. The number of benzene rings is 2. The second kappa shape index (κ2) is 11.3. The van der Waals surface area contributed by atoms with Crippen LogP contribution in [0.15, 0.2) is 47.4 Å². The summed E-state index contributed by atoms with van der Waals surface area (Å²) in [5.74, 6) is -0.343. The Morgan fingerprint density at radius 3 is 2.35 bits per heavy atom. The molecule has 10 heteroatoms. The molecule has 0 radical (unpaired) electrons. The molecule has 1 atom stereocenters. The number of sulfonamides is 1. The monoisotopic (exact) mass is 489 g/mol.